The second kappa shape index (κ2) is 5.55. The minimum atomic E-state index is -0.0421. The predicted molar refractivity (Wildman–Crippen MR) is 95.5 cm³/mol. The number of rotatable bonds is 1. The zero-order valence-corrected chi connectivity index (χ0v) is 13.7. The summed E-state index contributed by atoms with van der Waals surface area (Å²) in [6.45, 7) is 0. The Morgan fingerprint density at radius 1 is 0.957 bits per heavy atom. The first-order chi connectivity index (χ1) is 11.1. The lowest BCUT2D eigenvalue weighted by atomic mass is 9.83. The Morgan fingerprint density at radius 2 is 1.70 bits per heavy atom. The van der Waals surface area contributed by atoms with Crippen LogP contribution in [0.5, 0.6) is 0 Å². The van der Waals surface area contributed by atoms with Gasteiger partial charge >= 0.3 is 0 Å². The maximum atomic E-state index is 12.2. The second-order valence-corrected chi connectivity index (χ2v) is 6.63. The Balaban J connectivity index is 1.94. The molecule has 0 saturated heterocycles. The Kier molecular flexibility index (Phi) is 3.51. The summed E-state index contributed by atoms with van der Waals surface area (Å²) >= 11 is 12.3. The maximum Gasteiger partial charge on any atom is 0.225 e. The molecular weight excluding hydrogens is 329 g/mol. The molecule has 2 nitrogen and oxygen atoms in total. The molecule has 1 aliphatic rings. The van der Waals surface area contributed by atoms with E-state index in [0.29, 0.717) is 16.5 Å². The quantitative estimate of drug-likeness (QED) is 0.611. The van der Waals surface area contributed by atoms with E-state index in [1.54, 1.807) is 6.07 Å². The maximum absolute atomic E-state index is 12.2. The zero-order valence-electron chi connectivity index (χ0n) is 12.1. The molecule has 0 aromatic heterocycles. The van der Waals surface area contributed by atoms with E-state index in [2.05, 4.69) is 17.4 Å². The van der Waals surface area contributed by atoms with Gasteiger partial charge in [0.15, 0.2) is 0 Å². The molecule has 0 bridgehead atoms. The van der Waals surface area contributed by atoms with Crippen LogP contribution in [0.2, 0.25) is 10.0 Å². The first-order valence-corrected chi connectivity index (χ1v) is 8.15. The van der Waals surface area contributed by atoms with Crippen LogP contribution in [0.4, 0.5) is 5.69 Å². The Labute approximate surface area is 144 Å². The molecule has 3 aromatic carbocycles. The van der Waals surface area contributed by atoms with Crippen molar-refractivity contribution < 1.29 is 4.79 Å². The number of benzene rings is 3. The third-order valence-corrected chi connectivity index (χ3v) is 4.71. The van der Waals surface area contributed by atoms with Gasteiger partial charge in [-0.3, -0.25) is 4.79 Å². The molecule has 1 aliphatic heterocycles. The molecule has 1 unspecified atom stereocenters. The van der Waals surface area contributed by atoms with Crippen LogP contribution in [-0.4, -0.2) is 5.91 Å². The molecular formula is C19H13Cl2NO. The Hall–Kier alpha value is -2.03. The number of amides is 1. The molecule has 0 fully saturated rings. The van der Waals surface area contributed by atoms with E-state index in [9.17, 15) is 4.79 Å². The van der Waals surface area contributed by atoms with E-state index in [1.807, 2.05) is 36.4 Å². The van der Waals surface area contributed by atoms with Crippen LogP contribution >= 0.6 is 23.2 Å². The van der Waals surface area contributed by atoms with Gasteiger partial charge in [0.05, 0.1) is 5.69 Å². The number of carbonyl (C=O) groups is 1. The fraction of sp³-hybridized carbons (Fsp3) is 0.105. The van der Waals surface area contributed by atoms with Crippen LogP contribution in [0.3, 0.4) is 0 Å². The fourth-order valence-corrected chi connectivity index (χ4v) is 3.82. The van der Waals surface area contributed by atoms with Crippen molar-refractivity contribution in [1.29, 1.82) is 0 Å². The highest BCUT2D eigenvalue weighted by molar-refractivity contribution is 6.34. The standard InChI is InChI=1S/C19H13Cl2NO/c20-13-7-12(8-14(21)9-13)17-10-18(23)22-19-15-4-2-1-3-11(15)5-6-16(17)19/h1-9,17H,10H2,(H,22,23). The number of fused-ring (bicyclic) bond motifs is 3. The highest BCUT2D eigenvalue weighted by Gasteiger charge is 2.28. The van der Waals surface area contributed by atoms with E-state index in [4.69, 9.17) is 23.2 Å². The van der Waals surface area contributed by atoms with Crippen LogP contribution < -0.4 is 5.32 Å². The Morgan fingerprint density at radius 3 is 2.48 bits per heavy atom. The molecule has 0 aliphatic carbocycles. The summed E-state index contributed by atoms with van der Waals surface area (Å²) in [6.07, 6.45) is 0.391. The molecule has 3 aromatic rings. The van der Waals surface area contributed by atoms with E-state index < -0.39 is 0 Å². The van der Waals surface area contributed by atoms with Gasteiger partial charge in [0.25, 0.3) is 0 Å². The van der Waals surface area contributed by atoms with Crippen molar-refractivity contribution in [3.8, 4) is 0 Å². The van der Waals surface area contributed by atoms with Crippen LogP contribution in [-0.2, 0) is 4.79 Å². The molecule has 0 radical (unpaired) electrons. The van der Waals surface area contributed by atoms with E-state index in [0.717, 1.165) is 27.6 Å². The molecule has 23 heavy (non-hydrogen) atoms. The van der Waals surface area contributed by atoms with Crippen molar-refractivity contribution >= 4 is 45.6 Å². The molecule has 0 spiro atoms. The minimum absolute atomic E-state index is 0.00921. The predicted octanol–water partition coefficient (Wildman–Crippen LogP) is 5.62. The van der Waals surface area contributed by atoms with E-state index in [1.165, 1.54) is 0 Å². The second-order valence-electron chi connectivity index (χ2n) is 5.76. The van der Waals surface area contributed by atoms with Gasteiger partial charge in [-0.2, -0.15) is 0 Å². The molecule has 114 valence electrons. The minimum Gasteiger partial charge on any atom is -0.325 e. The van der Waals surface area contributed by atoms with Crippen LogP contribution in [0.25, 0.3) is 10.8 Å². The molecule has 1 amide bonds. The first-order valence-electron chi connectivity index (χ1n) is 7.39. The lowest BCUT2D eigenvalue weighted by molar-refractivity contribution is -0.116. The third-order valence-electron chi connectivity index (χ3n) is 4.28. The van der Waals surface area contributed by atoms with E-state index in [-0.39, 0.29) is 11.8 Å². The van der Waals surface area contributed by atoms with Crippen LogP contribution in [0.1, 0.15) is 23.5 Å². The highest BCUT2D eigenvalue weighted by atomic mass is 35.5. The molecule has 0 saturated carbocycles. The zero-order chi connectivity index (χ0) is 16.0. The molecule has 1 heterocycles. The topological polar surface area (TPSA) is 29.1 Å². The lowest BCUT2D eigenvalue weighted by Crippen LogP contribution is -2.23. The summed E-state index contributed by atoms with van der Waals surface area (Å²) in [6, 6.07) is 17.7. The van der Waals surface area contributed by atoms with Crippen molar-refractivity contribution in [2.75, 3.05) is 5.32 Å². The summed E-state index contributed by atoms with van der Waals surface area (Å²) in [5.74, 6) is -0.0329. The number of anilines is 1. The number of carbonyl (C=O) groups excluding carboxylic acids is 1. The summed E-state index contributed by atoms with van der Waals surface area (Å²) in [7, 11) is 0. The number of halogens is 2. The highest BCUT2D eigenvalue weighted by Crippen LogP contribution is 2.41. The molecule has 1 N–H and O–H groups in total. The average molecular weight is 342 g/mol. The van der Waals surface area contributed by atoms with Gasteiger partial charge < -0.3 is 5.32 Å². The number of hydrogen-bond donors (Lipinski definition) is 1. The van der Waals surface area contributed by atoms with Crippen LogP contribution in [0, 0.1) is 0 Å². The summed E-state index contributed by atoms with van der Waals surface area (Å²) < 4.78 is 0. The van der Waals surface area contributed by atoms with Crippen molar-refractivity contribution in [3.05, 3.63) is 75.8 Å². The van der Waals surface area contributed by atoms with Crippen molar-refractivity contribution in [3.63, 3.8) is 0 Å². The van der Waals surface area contributed by atoms with Crippen molar-refractivity contribution in [2.24, 2.45) is 0 Å². The smallest absolute Gasteiger partial charge is 0.225 e. The SMILES string of the molecule is O=C1CC(c2cc(Cl)cc(Cl)c2)c2ccc3ccccc3c2N1. The largest absolute Gasteiger partial charge is 0.325 e. The Bertz CT molecular complexity index is 916. The summed E-state index contributed by atoms with van der Waals surface area (Å²) in [5, 5.41) is 6.35. The van der Waals surface area contributed by atoms with Gasteiger partial charge in [0.2, 0.25) is 5.91 Å². The summed E-state index contributed by atoms with van der Waals surface area (Å²) in [5.41, 5.74) is 2.95. The van der Waals surface area contributed by atoms with Gasteiger partial charge in [-0.15, -0.1) is 0 Å². The monoisotopic (exact) mass is 341 g/mol. The van der Waals surface area contributed by atoms with Gasteiger partial charge in [0, 0.05) is 27.8 Å². The number of nitrogens with one attached hydrogen (secondary N) is 1. The summed E-state index contributed by atoms with van der Waals surface area (Å²) in [4.78, 5) is 12.2. The first kappa shape index (κ1) is 14.6. The van der Waals surface area contributed by atoms with Crippen LogP contribution in [0.15, 0.2) is 54.6 Å². The molecule has 4 rings (SSSR count). The van der Waals surface area contributed by atoms with E-state index >= 15 is 0 Å². The fourth-order valence-electron chi connectivity index (χ4n) is 3.28. The van der Waals surface area contributed by atoms with Crippen molar-refractivity contribution in [2.45, 2.75) is 12.3 Å². The number of hydrogen-bond acceptors (Lipinski definition) is 1. The molecule has 1 atom stereocenters. The van der Waals surface area contributed by atoms with Gasteiger partial charge in [-0.05, 0) is 34.7 Å². The molecule has 4 heteroatoms. The third kappa shape index (κ3) is 2.58. The average Bonchev–Trinajstić information content (AvgIpc) is 2.53. The van der Waals surface area contributed by atoms with Gasteiger partial charge in [-0.25, -0.2) is 0 Å². The van der Waals surface area contributed by atoms with Crippen molar-refractivity contribution in [1.82, 2.24) is 0 Å². The lowest BCUT2D eigenvalue weighted by Gasteiger charge is -2.27. The normalized spacial score (nSPS) is 17.0. The van der Waals surface area contributed by atoms with Gasteiger partial charge in [0.1, 0.15) is 0 Å². The van der Waals surface area contributed by atoms with Gasteiger partial charge in [-0.1, -0.05) is 59.6 Å².